The van der Waals surface area contributed by atoms with Gasteiger partial charge in [-0.3, -0.25) is 4.79 Å². The number of carbonyl (C=O) groups is 1. The van der Waals surface area contributed by atoms with Crippen molar-refractivity contribution in [1.82, 2.24) is 5.32 Å². The molecule has 4 heteroatoms. The summed E-state index contributed by atoms with van der Waals surface area (Å²) < 4.78 is 5.09. The average Bonchev–Trinajstić information content (AvgIpc) is 2.80. The van der Waals surface area contributed by atoms with Crippen LogP contribution in [0.3, 0.4) is 0 Å². The molecule has 0 spiro atoms. The molecule has 0 aliphatic carbocycles. The lowest BCUT2D eigenvalue weighted by Gasteiger charge is -2.08. The van der Waals surface area contributed by atoms with Crippen LogP contribution in [0.15, 0.2) is 42.5 Å². The van der Waals surface area contributed by atoms with Crippen molar-refractivity contribution in [1.29, 1.82) is 0 Å². The van der Waals surface area contributed by atoms with Crippen LogP contribution in [-0.4, -0.2) is 18.1 Å². The summed E-state index contributed by atoms with van der Waals surface area (Å²) in [4.78, 5) is 12.0. The number of aromatic hydroxyl groups is 1. The minimum Gasteiger partial charge on any atom is -0.504 e. The Morgan fingerprint density at radius 2 is 1.53 bits per heavy atom. The maximum absolute atomic E-state index is 12.0. The van der Waals surface area contributed by atoms with Gasteiger partial charge in [0.05, 0.1) is 7.11 Å². The van der Waals surface area contributed by atoms with Crippen molar-refractivity contribution in [2.45, 2.75) is 103 Å². The highest BCUT2D eigenvalue weighted by Crippen LogP contribution is 2.26. The van der Waals surface area contributed by atoms with Gasteiger partial charge < -0.3 is 15.2 Å². The first-order valence-electron chi connectivity index (χ1n) is 12.6. The SMILES string of the molecule is CCCC/C=C\C/C=C\CCCCCCCCCCC(=O)NCc1ccc(O)c(OC)c1. The number of phenolic OH excluding ortho intramolecular Hbond substituents is 1. The number of nitrogens with one attached hydrogen (secondary N) is 1. The van der Waals surface area contributed by atoms with Gasteiger partial charge >= 0.3 is 0 Å². The summed E-state index contributed by atoms with van der Waals surface area (Å²) in [6, 6.07) is 5.13. The third-order valence-electron chi connectivity index (χ3n) is 5.59. The van der Waals surface area contributed by atoms with Gasteiger partial charge in [0, 0.05) is 13.0 Å². The van der Waals surface area contributed by atoms with Crippen LogP contribution in [0.2, 0.25) is 0 Å². The first kappa shape index (κ1) is 27.8. The third kappa shape index (κ3) is 14.7. The Kier molecular flexibility index (Phi) is 16.9. The van der Waals surface area contributed by atoms with Crippen LogP contribution < -0.4 is 10.1 Å². The van der Waals surface area contributed by atoms with E-state index in [1.165, 1.54) is 71.3 Å². The van der Waals surface area contributed by atoms with Gasteiger partial charge in [-0.15, -0.1) is 0 Å². The molecular formula is C28H45NO3. The molecule has 180 valence electrons. The van der Waals surface area contributed by atoms with Crippen molar-refractivity contribution >= 4 is 5.91 Å². The Labute approximate surface area is 196 Å². The molecule has 0 atom stereocenters. The number of benzene rings is 1. The van der Waals surface area contributed by atoms with Crippen LogP contribution in [0, 0.1) is 0 Å². The largest absolute Gasteiger partial charge is 0.504 e. The standard InChI is InChI=1S/C28H45NO3/c1-3-4-5-6-7-8-9-10-11-12-13-14-15-16-17-18-19-20-28(31)29-24-25-21-22-26(30)27(23-25)32-2/h6-7,9-10,21-23,30H,3-5,8,11-20,24H2,1-2H3,(H,29,31)/b7-6-,10-9-. The van der Waals surface area contributed by atoms with Crippen LogP contribution in [-0.2, 0) is 11.3 Å². The minimum atomic E-state index is 0.0848. The number of methoxy groups -OCH3 is 1. The molecular weight excluding hydrogens is 398 g/mol. The first-order chi connectivity index (χ1) is 15.7. The number of rotatable bonds is 19. The van der Waals surface area contributed by atoms with E-state index in [-0.39, 0.29) is 11.7 Å². The maximum atomic E-state index is 12.0. The zero-order chi connectivity index (χ0) is 23.3. The predicted molar refractivity (Wildman–Crippen MR) is 135 cm³/mol. The summed E-state index contributed by atoms with van der Waals surface area (Å²) in [5, 5.41) is 12.5. The molecule has 1 amide bonds. The number of allylic oxidation sites excluding steroid dienone is 4. The molecule has 0 fully saturated rings. The smallest absolute Gasteiger partial charge is 0.220 e. The van der Waals surface area contributed by atoms with E-state index in [2.05, 4.69) is 36.5 Å². The van der Waals surface area contributed by atoms with Crippen molar-refractivity contribution in [3.8, 4) is 11.5 Å². The zero-order valence-corrected chi connectivity index (χ0v) is 20.4. The lowest BCUT2D eigenvalue weighted by atomic mass is 10.1. The molecule has 0 saturated heterocycles. The highest BCUT2D eigenvalue weighted by Gasteiger charge is 2.05. The molecule has 32 heavy (non-hydrogen) atoms. The van der Waals surface area contributed by atoms with Crippen LogP contribution in [0.25, 0.3) is 0 Å². The van der Waals surface area contributed by atoms with Crippen LogP contribution in [0.5, 0.6) is 11.5 Å². The molecule has 0 unspecified atom stereocenters. The molecule has 0 radical (unpaired) electrons. The summed E-state index contributed by atoms with van der Waals surface area (Å²) in [5.74, 6) is 0.626. The summed E-state index contributed by atoms with van der Waals surface area (Å²) in [6.07, 6.45) is 25.6. The van der Waals surface area contributed by atoms with E-state index in [1.54, 1.807) is 18.2 Å². The highest BCUT2D eigenvalue weighted by molar-refractivity contribution is 5.75. The fourth-order valence-electron chi connectivity index (χ4n) is 3.56. The van der Waals surface area contributed by atoms with Gasteiger partial charge in [0.1, 0.15) is 0 Å². The monoisotopic (exact) mass is 443 g/mol. The predicted octanol–water partition coefficient (Wildman–Crippen LogP) is 7.61. The van der Waals surface area contributed by atoms with E-state index < -0.39 is 0 Å². The normalized spacial score (nSPS) is 11.4. The van der Waals surface area contributed by atoms with E-state index >= 15 is 0 Å². The highest BCUT2D eigenvalue weighted by atomic mass is 16.5. The fraction of sp³-hybridized carbons (Fsp3) is 0.607. The second kappa shape index (κ2) is 19.5. The molecule has 1 aromatic carbocycles. The van der Waals surface area contributed by atoms with E-state index in [4.69, 9.17) is 4.74 Å². The minimum absolute atomic E-state index is 0.0848. The van der Waals surface area contributed by atoms with Gasteiger partial charge in [-0.1, -0.05) is 88.7 Å². The van der Waals surface area contributed by atoms with E-state index in [0.29, 0.717) is 18.7 Å². The molecule has 1 aromatic rings. The van der Waals surface area contributed by atoms with Crippen molar-refractivity contribution < 1.29 is 14.6 Å². The Morgan fingerprint density at radius 1 is 0.906 bits per heavy atom. The first-order valence-corrected chi connectivity index (χ1v) is 12.6. The topological polar surface area (TPSA) is 58.6 Å². The number of ether oxygens (including phenoxy) is 1. The lowest BCUT2D eigenvalue weighted by Crippen LogP contribution is -2.22. The molecule has 1 rings (SSSR count). The molecule has 0 aliphatic rings. The van der Waals surface area contributed by atoms with Crippen molar-refractivity contribution in [3.63, 3.8) is 0 Å². The van der Waals surface area contributed by atoms with Gasteiger partial charge in [0.25, 0.3) is 0 Å². The molecule has 0 aromatic heterocycles. The molecule has 4 nitrogen and oxygen atoms in total. The van der Waals surface area contributed by atoms with Gasteiger partial charge in [0.15, 0.2) is 11.5 Å². The third-order valence-corrected chi connectivity index (χ3v) is 5.59. The zero-order valence-electron chi connectivity index (χ0n) is 20.4. The summed E-state index contributed by atoms with van der Waals surface area (Å²) in [5.41, 5.74) is 0.919. The van der Waals surface area contributed by atoms with Crippen molar-refractivity contribution in [2.75, 3.05) is 7.11 Å². The molecule has 2 N–H and O–H groups in total. The Morgan fingerprint density at radius 3 is 2.19 bits per heavy atom. The number of hydrogen-bond donors (Lipinski definition) is 2. The maximum Gasteiger partial charge on any atom is 0.220 e. The van der Waals surface area contributed by atoms with Gasteiger partial charge in [0.2, 0.25) is 5.91 Å². The average molecular weight is 444 g/mol. The number of unbranched alkanes of at least 4 members (excludes halogenated alkanes) is 10. The van der Waals surface area contributed by atoms with Crippen LogP contribution in [0.4, 0.5) is 0 Å². The van der Waals surface area contributed by atoms with Gasteiger partial charge in [-0.05, 0) is 49.8 Å². The summed E-state index contributed by atoms with van der Waals surface area (Å²) in [6.45, 7) is 2.69. The number of phenols is 1. The fourth-order valence-corrected chi connectivity index (χ4v) is 3.56. The summed E-state index contributed by atoms with van der Waals surface area (Å²) >= 11 is 0. The number of carbonyl (C=O) groups excluding carboxylic acids is 1. The van der Waals surface area contributed by atoms with Crippen LogP contribution >= 0.6 is 0 Å². The van der Waals surface area contributed by atoms with E-state index in [9.17, 15) is 9.90 Å². The quantitative estimate of drug-likeness (QED) is 0.171. The lowest BCUT2D eigenvalue weighted by molar-refractivity contribution is -0.121. The molecule has 0 aliphatic heterocycles. The van der Waals surface area contributed by atoms with Gasteiger partial charge in [-0.2, -0.15) is 0 Å². The van der Waals surface area contributed by atoms with E-state index in [1.807, 2.05) is 0 Å². The Balaban J connectivity index is 1.90. The number of amides is 1. The molecule has 0 heterocycles. The number of hydrogen-bond acceptors (Lipinski definition) is 3. The molecule has 0 bridgehead atoms. The molecule has 0 saturated carbocycles. The second-order valence-corrected chi connectivity index (χ2v) is 8.47. The summed E-state index contributed by atoms with van der Waals surface area (Å²) in [7, 11) is 1.52. The van der Waals surface area contributed by atoms with E-state index in [0.717, 1.165) is 24.8 Å². The van der Waals surface area contributed by atoms with Gasteiger partial charge in [-0.25, -0.2) is 0 Å². The Bertz CT molecular complexity index is 667. The Hall–Kier alpha value is -2.23. The van der Waals surface area contributed by atoms with Crippen molar-refractivity contribution in [2.24, 2.45) is 0 Å². The van der Waals surface area contributed by atoms with Crippen molar-refractivity contribution in [3.05, 3.63) is 48.1 Å². The van der Waals surface area contributed by atoms with Crippen LogP contribution in [0.1, 0.15) is 102 Å². The second-order valence-electron chi connectivity index (χ2n) is 8.47.